The summed E-state index contributed by atoms with van der Waals surface area (Å²) in [4.78, 5) is 11.6. The van der Waals surface area contributed by atoms with Crippen molar-refractivity contribution in [3.8, 4) is 0 Å². The van der Waals surface area contributed by atoms with Crippen molar-refractivity contribution in [2.24, 2.45) is 0 Å². The highest BCUT2D eigenvalue weighted by Crippen LogP contribution is 2.32. The molecule has 0 aromatic heterocycles. The first-order chi connectivity index (χ1) is 9.70. The quantitative estimate of drug-likeness (QED) is 0.262. The molecule has 0 radical (unpaired) electrons. The van der Waals surface area contributed by atoms with Crippen LogP contribution in [0, 0.1) is 0 Å². The molecule has 0 N–H and O–H groups in total. The molecule has 4 heteroatoms. The van der Waals surface area contributed by atoms with Gasteiger partial charge in [0.15, 0.2) is 0 Å². The lowest BCUT2D eigenvalue weighted by molar-refractivity contribution is -0.108. The molecule has 0 rings (SSSR count). The van der Waals surface area contributed by atoms with Gasteiger partial charge in [-0.25, -0.2) is 0 Å². The third-order valence-electron chi connectivity index (χ3n) is 3.72. The van der Waals surface area contributed by atoms with Crippen LogP contribution < -0.4 is 0 Å². The molecule has 120 valence electrons. The van der Waals surface area contributed by atoms with Gasteiger partial charge in [-0.3, -0.25) is 0 Å². The molecule has 0 fully saturated rings. The van der Waals surface area contributed by atoms with E-state index in [0.29, 0.717) is 13.2 Å². The summed E-state index contributed by atoms with van der Waals surface area (Å²) < 4.78 is 12.1. The van der Waals surface area contributed by atoms with Gasteiger partial charge in [-0.1, -0.05) is 52.4 Å². The lowest BCUT2D eigenvalue weighted by Gasteiger charge is -2.34. The van der Waals surface area contributed by atoms with Gasteiger partial charge in [0.05, 0.1) is 5.54 Å². The van der Waals surface area contributed by atoms with Gasteiger partial charge in [0.25, 0.3) is 0 Å². The maximum atomic E-state index is 11.6. The van der Waals surface area contributed by atoms with Crippen LogP contribution in [-0.4, -0.2) is 28.1 Å². The summed E-state index contributed by atoms with van der Waals surface area (Å²) in [7, 11) is -2.36. The standard InChI is InChI=1S/C16H34O3Si/c1-5-9-10-11-12-13-16(15-17)20(14-6-2,18-7-3)19-8-4/h15-16H,5-14H2,1-4H3. The van der Waals surface area contributed by atoms with Gasteiger partial charge in [-0.2, -0.15) is 0 Å². The smallest absolute Gasteiger partial charge is 0.348 e. The Morgan fingerprint density at radius 1 is 0.900 bits per heavy atom. The molecular formula is C16H34O3Si. The molecule has 0 aliphatic rings. The van der Waals surface area contributed by atoms with Crippen molar-refractivity contribution in [2.75, 3.05) is 13.2 Å². The zero-order valence-corrected chi connectivity index (χ0v) is 15.0. The zero-order chi connectivity index (χ0) is 15.3. The third-order valence-corrected chi connectivity index (χ3v) is 8.03. The van der Waals surface area contributed by atoms with Crippen molar-refractivity contribution in [3.63, 3.8) is 0 Å². The monoisotopic (exact) mass is 302 g/mol. The van der Waals surface area contributed by atoms with Crippen molar-refractivity contribution in [2.45, 2.75) is 84.2 Å². The first kappa shape index (κ1) is 19.8. The Morgan fingerprint density at radius 2 is 1.50 bits per heavy atom. The predicted molar refractivity (Wildman–Crippen MR) is 87.3 cm³/mol. The molecule has 0 heterocycles. The molecule has 1 atom stereocenters. The summed E-state index contributed by atoms with van der Waals surface area (Å²) in [6.45, 7) is 9.65. The SMILES string of the molecule is CCCCCCCC(C=O)[Si](CCC)(OCC)OCC. The second-order valence-corrected chi connectivity index (χ2v) is 8.82. The Hall–Kier alpha value is -0.193. The van der Waals surface area contributed by atoms with Crippen LogP contribution in [0.25, 0.3) is 0 Å². The molecular weight excluding hydrogens is 268 g/mol. The molecule has 0 bridgehead atoms. The largest absolute Gasteiger partial charge is 0.394 e. The van der Waals surface area contributed by atoms with Gasteiger partial charge in [0.2, 0.25) is 0 Å². The van der Waals surface area contributed by atoms with E-state index in [-0.39, 0.29) is 5.54 Å². The number of rotatable bonds is 14. The average Bonchev–Trinajstić information content (AvgIpc) is 2.43. The normalized spacial score (nSPS) is 13.4. The predicted octanol–water partition coefficient (Wildman–Crippen LogP) is 4.84. The second kappa shape index (κ2) is 12.5. The van der Waals surface area contributed by atoms with E-state index in [2.05, 4.69) is 13.8 Å². The third kappa shape index (κ3) is 7.00. The Morgan fingerprint density at radius 3 is 1.95 bits per heavy atom. The van der Waals surface area contributed by atoms with Crippen molar-refractivity contribution in [1.29, 1.82) is 0 Å². The number of hydrogen-bond donors (Lipinski definition) is 0. The van der Waals surface area contributed by atoms with Crippen LogP contribution in [0.15, 0.2) is 0 Å². The van der Waals surface area contributed by atoms with Crippen LogP contribution in [-0.2, 0) is 13.6 Å². The number of carbonyl (C=O) groups excluding carboxylic acids is 1. The number of aldehydes is 1. The number of carbonyl (C=O) groups is 1. The van der Waals surface area contributed by atoms with Gasteiger partial charge in [0, 0.05) is 13.2 Å². The van der Waals surface area contributed by atoms with Crippen molar-refractivity contribution in [3.05, 3.63) is 0 Å². The molecule has 0 saturated heterocycles. The van der Waals surface area contributed by atoms with E-state index in [1.165, 1.54) is 25.7 Å². The number of unbranched alkanes of at least 4 members (excludes halogenated alkanes) is 4. The Kier molecular flexibility index (Phi) is 12.4. The van der Waals surface area contributed by atoms with E-state index in [4.69, 9.17) is 8.85 Å². The zero-order valence-electron chi connectivity index (χ0n) is 14.0. The highest BCUT2D eigenvalue weighted by Gasteiger charge is 2.44. The molecule has 0 aromatic rings. The highest BCUT2D eigenvalue weighted by molar-refractivity contribution is 6.71. The maximum Gasteiger partial charge on any atom is 0.348 e. The Labute approximate surface area is 126 Å². The fraction of sp³-hybridized carbons (Fsp3) is 0.938. The fourth-order valence-corrected chi connectivity index (χ4v) is 6.48. The molecule has 0 aliphatic heterocycles. The molecule has 0 saturated carbocycles. The van der Waals surface area contributed by atoms with Crippen LogP contribution in [0.4, 0.5) is 0 Å². The van der Waals surface area contributed by atoms with E-state index in [9.17, 15) is 4.79 Å². The van der Waals surface area contributed by atoms with Crippen molar-refractivity contribution >= 4 is 14.8 Å². The van der Waals surface area contributed by atoms with Crippen molar-refractivity contribution in [1.82, 2.24) is 0 Å². The summed E-state index contributed by atoms with van der Waals surface area (Å²) in [6.07, 6.45) is 9.20. The maximum absolute atomic E-state index is 11.6. The topological polar surface area (TPSA) is 35.5 Å². The van der Waals surface area contributed by atoms with E-state index in [1.807, 2.05) is 13.8 Å². The van der Waals surface area contributed by atoms with Crippen LogP contribution in [0.5, 0.6) is 0 Å². The fourth-order valence-electron chi connectivity index (χ4n) is 2.78. The van der Waals surface area contributed by atoms with E-state index < -0.39 is 8.56 Å². The highest BCUT2D eigenvalue weighted by atomic mass is 28.4. The van der Waals surface area contributed by atoms with Crippen LogP contribution in [0.3, 0.4) is 0 Å². The lowest BCUT2D eigenvalue weighted by atomic mass is 10.1. The van der Waals surface area contributed by atoms with Crippen LogP contribution in [0.1, 0.15) is 72.6 Å². The molecule has 3 nitrogen and oxygen atoms in total. The second-order valence-electron chi connectivity index (χ2n) is 5.37. The Balaban J connectivity index is 4.57. The summed E-state index contributed by atoms with van der Waals surface area (Å²) >= 11 is 0. The van der Waals surface area contributed by atoms with Gasteiger partial charge in [-0.05, 0) is 26.3 Å². The van der Waals surface area contributed by atoms with Crippen molar-refractivity contribution < 1.29 is 13.6 Å². The van der Waals surface area contributed by atoms with E-state index in [1.54, 1.807) is 0 Å². The van der Waals surface area contributed by atoms with Crippen LogP contribution in [0.2, 0.25) is 11.6 Å². The minimum absolute atomic E-state index is 0.0102. The molecule has 0 spiro atoms. The van der Waals surface area contributed by atoms with E-state index >= 15 is 0 Å². The Bertz CT molecular complexity index is 217. The molecule has 0 aromatic carbocycles. The molecule has 0 aliphatic carbocycles. The minimum Gasteiger partial charge on any atom is -0.394 e. The first-order valence-corrected chi connectivity index (χ1v) is 10.5. The molecule has 1 unspecified atom stereocenters. The molecule has 20 heavy (non-hydrogen) atoms. The van der Waals surface area contributed by atoms with Gasteiger partial charge in [0.1, 0.15) is 6.29 Å². The van der Waals surface area contributed by atoms with Gasteiger partial charge in [-0.15, -0.1) is 0 Å². The number of hydrogen-bond acceptors (Lipinski definition) is 3. The van der Waals surface area contributed by atoms with E-state index in [0.717, 1.165) is 31.6 Å². The molecule has 0 amide bonds. The van der Waals surface area contributed by atoms with Gasteiger partial charge >= 0.3 is 8.56 Å². The van der Waals surface area contributed by atoms with Gasteiger partial charge < -0.3 is 13.6 Å². The summed E-state index contributed by atoms with van der Waals surface area (Å²) in [5.74, 6) is 0. The first-order valence-electron chi connectivity index (χ1n) is 8.43. The summed E-state index contributed by atoms with van der Waals surface area (Å²) in [5.41, 5.74) is -0.0102. The lowest BCUT2D eigenvalue weighted by Crippen LogP contribution is -2.47. The summed E-state index contributed by atoms with van der Waals surface area (Å²) in [5, 5.41) is 0. The minimum atomic E-state index is -2.36. The average molecular weight is 303 g/mol. The van der Waals surface area contributed by atoms with Crippen LogP contribution >= 0.6 is 0 Å². The summed E-state index contributed by atoms with van der Waals surface area (Å²) in [6, 6.07) is 0.924.